The number of nitrogens with zero attached hydrogens (tertiary/aromatic N) is 3. The summed E-state index contributed by atoms with van der Waals surface area (Å²) in [7, 11) is 0. The van der Waals surface area contributed by atoms with E-state index in [2.05, 4.69) is 27.4 Å². The van der Waals surface area contributed by atoms with Gasteiger partial charge in [-0.05, 0) is 13.3 Å². The molecule has 0 aromatic carbocycles. The molecule has 1 N–H and O–H groups in total. The lowest BCUT2D eigenvalue weighted by Gasteiger charge is -2.04. The van der Waals surface area contributed by atoms with E-state index in [0.29, 0.717) is 11.5 Å². The molecule has 5 heteroatoms. The van der Waals surface area contributed by atoms with Crippen LogP contribution in [-0.4, -0.2) is 21.7 Å². The second kappa shape index (κ2) is 3.61. The van der Waals surface area contributed by atoms with Crippen LogP contribution < -0.4 is 5.32 Å². The van der Waals surface area contributed by atoms with Gasteiger partial charge in [0.15, 0.2) is 0 Å². The average Bonchev–Trinajstić information content (AvgIpc) is 2.61. The van der Waals surface area contributed by atoms with Crippen LogP contribution in [0, 0.1) is 6.92 Å². The highest BCUT2D eigenvalue weighted by Crippen LogP contribution is 2.19. The maximum absolute atomic E-state index is 4.98. The highest BCUT2D eigenvalue weighted by Gasteiger charge is 2.08. The molecule has 0 aliphatic heterocycles. The molecule has 2 heterocycles. The standard InChI is InChI=1S/C9H12N4O/c1-3-4-10-8-7-5-11-14-9(7)13-6(2)12-8/h5H,3-4H2,1-2H3,(H,10,12,13). The topological polar surface area (TPSA) is 63.8 Å². The van der Waals surface area contributed by atoms with Crippen LogP contribution in [0.1, 0.15) is 19.2 Å². The van der Waals surface area contributed by atoms with Crippen molar-refractivity contribution in [1.29, 1.82) is 0 Å². The fourth-order valence-corrected chi connectivity index (χ4v) is 1.25. The number of nitrogens with one attached hydrogen (secondary N) is 1. The van der Waals surface area contributed by atoms with Crippen molar-refractivity contribution < 1.29 is 4.52 Å². The molecule has 0 bridgehead atoms. The molecule has 14 heavy (non-hydrogen) atoms. The number of rotatable bonds is 3. The Morgan fingerprint density at radius 3 is 3.07 bits per heavy atom. The molecule has 0 saturated heterocycles. The van der Waals surface area contributed by atoms with E-state index < -0.39 is 0 Å². The van der Waals surface area contributed by atoms with Crippen molar-refractivity contribution in [2.75, 3.05) is 11.9 Å². The van der Waals surface area contributed by atoms with Crippen molar-refractivity contribution in [2.24, 2.45) is 0 Å². The third-order valence-corrected chi connectivity index (χ3v) is 1.89. The van der Waals surface area contributed by atoms with Gasteiger partial charge in [-0.2, -0.15) is 4.98 Å². The van der Waals surface area contributed by atoms with E-state index >= 15 is 0 Å². The first-order chi connectivity index (χ1) is 6.81. The molecule has 0 radical (unpaired) electrons. The molecule has 5 nitrogen and oxygen atoms in total. The smallest absolute Gasteiger partial charge is 0.263 e. The van der Waals surface area contributed by atoms with Gasteiger partial charge in [0, 0.05) is 6.54 Å². The van der Waals surface area contributed by atoms with Gasteiger partial charge in [-0.1, -0.05) is 12.1 Å². The van der Waals surface area contributed by atoms with Crippen molar-refractivity contribution in [2.45, 2.75) is 20.3 Å². The molecule has 0 unspecified atom stereocenters. The highest BCUT2D eigenvalue weighted by molar-refractivity contribution is 5.84. The summed E-state index contributed by atoms with van der Waals surface area (Å²) >= 11 is 0. The lowest BCUT2D eigenvalue weighted by molar-refractivity contribution is 0.448. The number of fused-ring (bicyclic) bond motifs is 1. The number of anilines is 1. The number of aromatic nitrogens is 3. The van der Waals surface area contributed by atoms with Crippen molar-refractivity contribution in [3.05, 3.63) is 12.0 Å². The third-order valence-electron chi connectivity index (χ3n) is 1.89. The van der Waals surface area contributed by atoms with Gasteiger partial charge in [0.2, 0.25) is 0 Å². The molecule has 0 fully saturated rings. The summed E-state index contributed by atoms with van der Waals surface area (Å²) in [5.74, 6) is 1.49. The predicted molar refractivity (Wildman–Crippen MR) is 53.1 cm³/mol. The molecule has 0 atom stereocenters. The minimum absolute atomic E-state index is 0.538. The van der Waals surface area contributed by atoms with Gasteiger partial charge >= 0.3 is 0 Å². The molecular weight excluding hydrogens is 180 g/mol. The Labute approximate surface area is 81.5 Å². The van der Waals surface area contributed by atoms with Gasteiger partial charge in [0.25, 0.3) is 5.71 Å². The van der Waals surface area contributed by atoms with Crippen molar-refractivity contribution in [3.8, 4) is 0 Å². The highest BCUT2D eigenvalue weighted by atomic mass is 16.5. The quantitative estimate of drug-likeness (QED) is 0.802. The van der Waals surface area contributed by atoms with E-state index in [1.54, 1.807) is 6.20 Å². The Morgan fingerprint density at radius 1 is 1.43 bits per heavy atom. The van der Waals surface area contributed by atoms with Crippen LogP contribution in [0.2, 0.25) is 0 Å². The van der Waals surface area contributed by atoms with Crippen molar-refractivity contribution in [3.63, 3.8) is 0 Å². The summed E-state index contributed by atoms with van der Waals surface area (Å²) < 4.78 is 4.98. The van der Waals surface area contributed by atoms with E-state index in [9.17, 15) is 0 Å². The summed E-state index contributed by atoms with van der Waals surface area (Å²) in [4.78, 5) is 8.41. The molecule has 2 aromatic heterocycles. The minimum atomic E-state index is 0.538. The van der Waals surface area contributed by atoms with Crippen LogP contribution in [-0.2, 0) is 0 Å². The molecule has 0 aliphatic rings. The molecule has 0 amide bonds. The normalized spacial score (nSPS) is 10.7. The van der Waals surface area contributed by atoms with E-state index in [-0.39, 0.29) is 0 Å². The average molecular weight is 192 g/mol. The Kier molecular flexibility index (Phi) is 2.30. The fraction of sp³-hybridized carbons (Fsp3) is 0.444. The maximum Gasteiger partial charge on any atom is 0.263 e. The monoisotopic (exact) mass is 192 g/mol. The summed E-state index contributed by atoms with van der Waals surface area (Å²) in [6, 6.07) is 0. The molecule has 2 rings (SSSR count). The van der Waals surface area contributed by atoms with E-state index in [4.69, 9.17) is 4.52 Å². The van der Waals surface area contributed by atoms with Gasteiger partial charge in [-0.3, -0.25) is 0 Å². The summed E-state index contributed by atoms with van der Waals surface area (Å²) in [6.45, 7) is 4.82. The van der Waals surface area contributed by atoms with Gasteiger partial charge in [-0.15, -0.1) is 0 Å². The number of hydrogen-bond donors (Lipinski definition) is 1. The first-order valence-electron chi connectivity index (χ1n) is 4.64. The minimum Gasteiger partial charge on any atom is -0.369 e. The molecular formula is C9H12N4O. The Balaban J connectivity index is 2.44. The SMILES string of the molecule is CCCNc1nc(C)nc2oncc12. The molecule has 0 spiro atoms. The van der Waals surface area contributed by atoms with E-state index in [1.165, 1.54) is 0 Å². The third kappa shape index (κ3) is 1.53. The lowest BCUT2D eigenvalue weighted by Crippen LogP contribution is -2.03. The van der Waals surface area contributed by atoms with Crippen molar-refractivity contribution in [1.82, 2.24) is 15.1 Å². The van der Waals surface area contributed by atoms with E-state index in [0.717, 1.165) is 24.2 Å². The summed E-state index contributed by atoms with van der Waals surface area (Å²) in [5, 5.41) is 7.74. The summed E-state index contributed by atoms with van der Waals surface area (Å²) in [5.41, 5.74) is 0.538. The van der Waals surface area contributed by atoms with Crippen LogP contribution in [0.5, 0.6) is 0 Å². The van der Waals surface area contributed by atoms with Gasteiger partial charge in [-0.25, -0.2) is 4.98 Å². The zero-order chi connectivity index (χ0) is 9.97. The van der Waals surface area contributed by atoms with Crippen LogP contribution >= 0.6 is 0 Å². The first kappa shape index (κ1) is 8.93. The van der Waals surface area contributed by atoms with Gasteiger partial charge in [0.05, 0.1) is 6.20 Å². The second-order valence-corrected chi connectivity index (χ2v) is 3.09. The van der Waals surface area contributed by atoms with Crippen LogP contribution in [0.15, 0.2) is 10.7 Å². The van der Waals surface area contributed by atoms with Crippen LogP contribution in [0.25, 0.3) is 11.1 Å². The van der Waals surface area contributed by atoms with Crippen molar-refractivity contribution >= 4 is 16.9 Å². The van der Waals surface area contributed by atoms with E-state index in [1.807, 2.05) is 6.92 Å². The fourth-order valence-electron chi connectivity index (χ4n) is 1.25. The molecule has 0 aliphatic carbocycles. The number of hydrogen-bond acceptors (Lipinski definition) is 5. The Hall–Kier alpha value is -1.65. The molecule has 2 aromatic rings. The zero-order valence-electron chi connectivity index (χ0n) is 8.24. The molecule has 0 saturated carbocycles. The number of aryl methyl sites for hydroxylation is 1. The van der Waals surface area contributed by atoms with Gasteiger partial charge < -0.3 is 9.84 Å². The lowest BCUT2D eigenvalue weighted by atomic mass is 10.3. The van der Waals surface area contributed by atoms with Crippen LogP contribution in [0.3, 0.4) is 0 Å². The Bertz CT molecular complexity index is 437. The molecule has 74 valence electrons. The van der Waals surface area contributed by atoms with Crippen LogP contribution in [0.4, 0.5) is 5.82 Å². The largest absolute Gasteiger partial charge is 0.369 e. The first-order valence-corrected chi connectivity index (χ1v) is 4.64. The predicted octanol–water partition coefficient (Wildman–Crippen LogP) is 1.75. The van der Waals surface area contributed by atoms with Gasteiger partial charge in [0.1, 0.15) is 17.0 Å². The Morgan fingerprint density at radius 2 is 2.29 bits per heavy atom. The summed E-state index contributed by atoms with van der Waals surface area (Å²) in [6.07, 6.45) is 2.68. The maximum atomic E-state index is 4.98. The second-order valence-electron chi connectivity index (χ2n) is 3.09. The zero-order valence-corrected chi connectivity index (χ0v) is 8.24.